The van der Waals surface area contributed by atoms with Crippen molar-refractivity contribution in [1.29, 1.82) is 0 Å². The van der Waals surface area contributed by atoms with E-state index in [1.54, 1.807) is 22.8 Å². The van der Waals surface area contributed by atoms with Gasteiger partial charge in [-0.05, 0) is 31.4 Å². The number of thioether (sulfide) groups is 1. The maximum atomic E-state index is 13.0. The predicted octanol–water partition coefficient (Wildman–Crippen LogP) is 0.971. The van der Waals surface area contributed by atoms with Crippen molar-refractivity contribution in [3.63, 3.8) is 0 Å². The second-order valence-corrected chi connectivity index (χ2v) is 10.6. The molecule has 1 aromatic carbocycles. The number of rotatable bonds is 6. The van der Waals surface area contributed by atoms with Crippen LogP contribution in [0.2, 0.25) is 0 Å². The molecule has 1 amide bonds. The second kappa shape index (κ2) is 8.45. The summed E-state index contributed by atoms with van der Waals surface area (Å²) in [7, 11) is -3.05. The summed E-state index contributed by atoms with van der Waals surface area (Å²) in [5.41, 5.74) is 0.446. The van der Waals surface area contributed by atoms with Crippen LogP contribution < -0.4 is 10.9 Å². The molecule has 0 aliphatic carbocycles. The highest BCUT2D eigenvalue weighted by molar-refractivity contribution is 7.99. The number of carbonyl (C=O) groups excluding carboxylic acids is 1. The lowest BCUT2D eigenvalue weighted by molar-refractivity contribution is -0.119. The number of para-hydroxylation sites is 1. The van der Waals surface area contributed by atoms with Gasteiger partial charge in [0.05, 0.1) is 40.8 Å². The molecule has 29 heavy (non-hydrogen) atoms. The van der Waals surface area contributed by atoms with Crippen molar-refractivity contribution >= 4 is 38.4 Å². The summed E-state index contributed by atoms with van der Waals surface area (Å²) >= 11 is 1.19. The smallest absolute Gasteiger partial charge is 0.262 e. The first-order chi connectivity index (χ1) is 13.9. The highest BCUT2D eigenvalue weighted by atomic mass is 32.2. The second-order valence-electron chi connectivity index (χ2n) is 7.42. The number of nitrogens with zero attached hydrogens (tertiary/aromatic N) is 2. The molecule has 1 N–H and O–H groups in total. The first kappa shape index (κ1) is 20.4. The summed E-state index contributed by atoms with van der Waals surface area (Å²) in [5, 5.41) is 3.78. The highest BCUT2D eigenvalue weighted by Gasteiger charge is 2.29. The van der Waals surface area contributed by atoms with E-state index in [-0.39, 0.29) is 40.9 Å². The molecule has 0 radical (unpaired) electrons. The van der Waals surface area contributed by atoms with E-state index in [0.717, 1.165) is 12.8 Å². The molecule has 4 rings (SSSR count). The zero-order valence-electron chi connectivity index (χ0n) is 15.9. The lowest BCUT2D eigenvalue weighted by Gasteiger charge is -2.17. The third-order valence-corrected chi connectivity index (χ3v) is 7.91. The Morgan fingerprint density at radius 2 is 2.14 bits per heavy atom. The summed E-state index contributed by atoms with van der Waals surface area (Å²) < 4.78 is 30.4. The van der Waals surface area contributed by atoms with Crippen LogP contribution in [0.3, 0.4) is 0 Å². The Balaban J connectivity index is 1.52. The molecule has 0 unspecified atom stereocenters. The molecule has 1 aromatic heterocycles. The maximum Gasteiger partial charge on any atom is 0.262 e. The van der Waals surface area contributed by atoms with Gasteiger partial charge < -0.3 is 10.1 Å². The van der Waals surface area contributed by atoms with Gasteiger partial charge in [-0.25, -0.2) is 13.4 Å². The summed E-state index contributed by atoms with van der Waals surface area (Å²) in [6.45, 7) is 1.09. The van der Waals surface area contributed by atoms with Crippen molar-refractivity contribution in [2.24, 2.45) is 0 Å². The van der Waals surface area contributed by atoms with Gasteiger partial charge in [0.25, 0.3) is 5.56 Å². The van der Waals surface area contributed by atoms with Crippen LogP contribution in [-0.4, -0.2) is 59.9 Å². The van der Waals surface area contributed by atoms with Gasteiger partial charge >= 0.3 is 0 Å². The number of hydrogen-bond acceptors (Lipinski definition) is 7. The van der Waals surface area contributed by atoms with E-state index < -0.39 is 9.84 Å². The topological polar surface area (TPSA) is 107 Å². The van der Waals surface area contributed by atoms with E-state index in [9.17, 15) is 18.0 Å². The van der Waals surface area contributed by atoms with Gasteiger partial charge in [-0.1, -0.05) is 23.9 Å². The van der Waals surface area contributed by atoms with Crippen LogP contribution >= 0.6 is 11.8 Å². The third kappa shape index (κ3) is 4.81. The molecule has 2 saturated heterocycles. The van der Waals surface area contributed by atoms with Gasteiger partial charge in [0.1, 0.15) is 0 Å². The summed E-state index contributed by atoms with van der Waals surface area (Å²) in [6, 6.07) is 6.81. The fraction of sp³-hybridized carbons (Fsp3) is 0.526. The van der Waals surface area contributed by atoms with E-state index in [4.69, 9.17) is 4.74 Å². The van der Waals surface area contributed by atoms with Crippen LogP contribution in [0.4, 0.5) is 0 Å². The Kier molecular flexibility index (Phi) is 5.93. The number of fused-ring (bicyclic) bond motifs is 1. The Bertz CT molecular complexity index is 1080. The van der Waals surface area contributed by atoms with E-state index in [0.29, 0.717) is 35.6 Å². The Morgan fingerprint density at radius 1 is 1.31 bits per heavy atom. The molecule has 2 aromatic rings. The fourth-order valence-electron chi connectivity index (χ4n) is 3.72. The Morgan fingerprint density at radius 3 is 2.86 bits per heavy atom. The molecule has 8 nitrogen and oxygen atoms in total. The van der Waals surface area contributed by atoms with Crippen molar-refractivity contribution < 1.29 is 17.9 Å². The zero-order valence-corrected chi connectivity index (χ0v) is 17.5. The van der Waals surface area contributed by atoms with Crippen molar-refractivity contribution in [2.75, 3.05) is 23.9 Å². The maximum absolute atomic E-state index is 13.0. The minimum absolute atomic E-state index is 0.0125. The molecule has 2 aliphatic rings. The standard InChI is InChI=1S/C19H23N3O5S2/c23-17(20-13-7-9-29(25,26)12-13)11-28-19-21-16-6-2-1-5-15(16)18(24)22(19)10-14-4-3-8-27-14/h1-2,5-6,13-14H,3-4,7-12H2,(H,20,23)/t13-,14-/m1/s1. The van der Waals surface area contributed by atoms with Crippen LogP contribution in [0.1, 0.15) is 19.3 Å². The molecule has 156 valence electrons. The molecule has 2 aliphatic heterocycles. The van der Waals surface area contributed by atoms with Gasteiger partial charge in [0, 0.05) is 12.6 Å². The Hall–Kier alpha value is -1.91. The molecule has 3 heterocycles. The predicted molar refractivity (Wildman–Crippen MR) is 111 cm³/mol. The van der Waals surface area contributed by atoms with Crippen molar-refractivity contribution in [3.8, 4) is 0 Å². The molecule has 2 atom stereocenters. The van der Waals surface area contributed by atoms with Crippen LogP contribution in [-0.2, 0) is 25.9 Å². The van der Waals surface area contributed by atoms with Gasteiger partial charge in [-0.2, -0.15) is 0 Å². The highest BCUT2D eigenvalue weighted by Crippen LogP contribution is 2.21. The van der Waals surface area contributed by atoms with Crippen molar-refractivity contribution in [3.05, 3.63) is 34.6 Å². The monoisotopic (exact) mass is 437 g/mol. The summed E-state index contributed by atoms with van der Waals surface area (Å²) in [5.74, 6) is -0.102. The minimum atomic E-state index is -3.05. The SMILES string of the molecule is O=C(CSc1nc2ccccc2c(=O)n1C[C@H]1CCCO1)N[C@@H]1CCS(=O)(=O)C1. The quantitative estimate of drug-likeness (QED) is 0.530. The average molecular weight is 438 g/mol. The number of nitrogens with one attached hydrogen (secondary N) is 1. The zero-order chi connectivity index (χ0) is 20.4. The summed E-state index contributed by atoms with van der Waals surface area (Å²) in [4.78, 5) is 29.9. The van der Waals surface area contributed by atoms with Crippen LogP contribution in [0.15, 0.2) is 34.2 Å². The molecule has 2 fully saturated rings. The number of hydrogen-bond donors (Lipinski definition) is 1. The van der Waals surface area contributed by atoms with E-state index in [1.807, 2.05) is 6.07 Å². The molecule has 0 bridgehead atoms. The summed E-state index contributed by atoms with van der Waals surface area (Å²) in [6.07, 6.45) is 2.26. The van der Waals surface area contributed by atoms with Gasteiger partial charge in [0.2, 0.25) is 5.91 Å². The number of carbonyl (C=O) groups is 1. The van der Waals surface area contributed by atoms with Gasteiger partial charge in [-0.3, -0.25) is 14.2 Å². The number of aromatic nitrogens is 2. The first-order valence-electron chi connectivity index (χ1n) is 9.65. The molecule has 0 saturated carbocycles. The number of sulfone groups is 1. The van der Waals surface area contributed by atoms with E-state index in [2.05, 4.69) is 10.3 Å². The Labute approximate surface area is 172 Å². The van der Waals surface area contributed by atoms with Crippen LogP contribution in [0, 0.1) is 0 Å². The largest absolute Gasteiger partial charge is 0.376 e. The lowest BCUT2D eigenvalue weighted by Crippen LogP contribution is -2.37. The molecule has 0 spiro atoms. The van der Waals surface area contributed by atoms with Crippen molar-refractivity contribution in [1.82, 2.24) is 14.9 Å². The van der Waals surface area contributed by atoms with Gasteiger partial charge in [0.15, 0.2) is 15.0 Å². The molecule has 10 heteroatoms. The minimum Gasteiger partial charge on any atom is -0.376 e. The van der Waals surface area contributed by atoms with Gasteiger partial charge in [-0.15, -0.1) is 0 Å². The average Bonchev–Trinajstić information content (AvgIpc) is 3.32. The number of ether oxygens (including phenoxy) is 1. The molecular weight excluding hydrogens is 414 g/mol. The first-order valence-corrected chi connectivity index (χ1v) is 12.5. The van der Waals surface area contributed by atoms with Crippen LogP contribution in [0.25, 0.3) is 10.9 Å². The number of amides is 1. The lowest BCUT2D eigenvalue weighted by atomic mass is 10.2. The van der Waals surface area contributed by atoms with Crippen LogP contribution in [0.5, 0.6) is 0 Å². The molecular formula is C19H23N3O5S2. The van der Waals surface area contributed by atoms with E-state index >= 15 is 0 Å². The third-order valence-electron chi connectivity index (χ3n) is 5.17. The van der Waals surface area contributed by atoms with Crippen molar-refractivity contribution in [2.45, 2.75) is 43.1 Å². The fourth-order valence-corrected chi connectivity index (χ4v) is 6.21. The number of benzene rings is 1. The van der Waals surface area contributed by atoms with E-state index in [1.165, 1.54) is 11.8 Å². The normalized spacial score (nSPS) is 23.4.